The molecule has 0 bridgehead atoms. The first-order valence-electron chi connectivity index (χ1n) is 6.73. The highest BCUT2D eigenvalue weighted by atomic mass is 19.4. The van der Waals surface area contributed by atoms with Crippen molar-refractivity contribution in [3.8, 4) is 0 Å². The van der Waals surface area contributed by atoms with Gasteiger partial charge in [0.2, 0.25) is 5.91 Å². The third-order valence-electron chi connectivity index (χ3n) is 2.86. The number of benzene rings is 1. The molecule has 23 heavy (non-hydrogen) atoms. The smallest absolute Gasteiger partial charge is 0.348 e. The van der Waals surface area contributed by atoms with Crippen molar-refractivity contribution in [2.24, 2.45) is 0 Å². The average Bonchev–Trinajstić information content (AvgIpc) is 2.50. The zero-order valence-electron chi connectivity index (χ0n) is 12.4. The highest BCUT2D eigenvalue weighted by Gasteiger charge is 2.32. The van der Waals surface area contributed by atoms with Gasteiger partial charge in [0.1, 0.15) is 6.54 Å². The van der Waals surface area contributed by atoms with Gasteiger partial charge >= 0.3 is 6.18 Å². The minimum Gasteiger partial charge on any atom is -0.348 e. The third kappa shape index (κ3) is 6.37. The number of nitrogens with one attached hydrogen (secondary N) is 1. The number of alkyl halides is 3. The van der Waals surface area contributed by atoms with Crippen LogP contribution < -0.4 is 5.32 Å². The Morgan fingerprint density at radius 3 is 2.26 bits per heavy atom. The molecule has 0 saturated carbocycles. The van der Waals surface area contributed by atoms with Crippen molar-refractivity contribution in [1.29, 1.82) is 0 Å². The van der Waals surface area contributed by atoms with Crippen molar-refractivity contribution < 1.29 is 22.8 Å². The molecule has 1 aromatic carbocycles. The van der Waals surface area contributed by atoms with Crippen molar-refractivity contribution in [3.63, 3.8) is 0 Å². The van der Waals surface area contributed by atoms with Crippen LogP contribution in [0.2, 0.25) is 0 Å². The quantitative estimate of drug-likeness (QED) is 0.619. The van der Waals surface area contributed by atoms with Gasteiger partial charge in [-0.05, 0) is 23.8 Å². The number of nitrogens with zero attached hydrogens (tertiary/aromatic N) is 1. The second kappa shape index (κ2) is 8.17. The molecule has 0 aromatic heterocycles. The van der Waals surface area contributed by atoms with Crippen LogP contribution in [0, 0.1) is 0 Å². The number of carbonyl (C=O) groups is 2. The summed E-state index contributed by atoms with van der Waals surface area (Å²) in [7, 11) is 0. The van der Waals surface area contributed by atoms with E-state index in [1.165, 1.54) is 18.2 Å². The number of hydrogen-bond acceptors (Lipinski definition) is 2. The first-order valence-corrected chi connectivity index (χ1v) is 6.73. The molecule has 0 aliphatic carbocycles. The van der Waals surface area contributed by atoms with Crippen LogP contribution in [0.1, 0.15) is 15.9 Å². The number of halogens is 3. The summed E-state index contributed by atoms with van der Waals surface area (Å²) in [6.45, 7) is 5.37. The summed E-state index contributed by atoms with van der Waals surface area (Å²) < 4.78 is 37.5. The zero-order chi connectivity index (χ0) is 17.5. The second-order valence-electron chi connectivity index (χ2n) is 4.71. The molecule has 4 nitrogen and oxygen atoms in total. The van der Waals surface area contributed by atoms with Crippen LogP contribution >= 0.6 is 0 Å². The van der Waals surface area contributed by atoms with Crippen molar-refractivity contribution in [3.05, 3.63) is 60.7 Å². The largest absolute Gasteiger partial charge is 0.406 e. The maximum Gasteiger partial charge on any atom is 0.406 e. The van der Waals surface area contributed by atoms with E-state index in [0.29, 0.717) is 10.5 Å². The van der Waals surface area contributed by atoms with Gasteiger partial charge in [0, 0.05) is 18.7 Å². The van der Waals surface area contributed by atoms with Crippen LogP contribution in [0.4, 0.5) is 13.2 Å². The minimum atomic E-state index is -4.48. The molecule has 0 aliphatic rings. The fraction of sp³-hybridized carbons (Fsp3) is 0.250. The lowest BCUT2D eigenvalue weighted by molar-refractivity contribution is -0.139. The molecular weight excluding hydrogens is 309 g/mol. The van der Waals surface area contributed by atoms with E-state index in [0.717, 1.165) is 6.08 Å². The molecule has 0 atom stereocenters. The summed E-state index contributed by atoms with van der Waals surface area (Å²) in [6, 6.07) is 5.97. The van der Waals surface area contributed by atoms with Crippen molar-refractivity contribution in [2.45, 2.75) is 12.7 Å². The number of carbonyl (C=O) groups excluding carboxylic acids is 2. The summed E-state index contributed by atoms with van der Waals surface area (Å²) in [5.74, 6) is -1.07. The van der Waals surface area contributed by atoms with E-state index < -0.39 is 18.6 Å². The molecule has 0 heterocycles. The Morgan fingerprint density at radius 1 is 1.17 bits per heavy atom. The molecule has 124 valence electrons. The molecule has 0 aliphatic heterocycles. The van der Waals surface area contributed by atoms with Crippen LogP contribution in [0.3, 0.4) is 0 Å². The maximum absolute atomic E-state index is 12.5. The molecule has 2 amide bonds. The van der Waals surface area contributed by atoms with Crippen molar-refractivity contribution in [2.75, 3.05) is 13.1 Å². The van der Waals surface area contributed by atoms with Crippen molar-refractivity contribution in [1.82, 2.24) is 10.2 Å². The molecule has 0 unspecified atom stereocenters. The van der Waals surface area contributed by atoms with Gasteiger partial charge in [0.15, 0.2) is 0 Å². The Balaban J connectivity index is 2.79. The van der Waals surface area contributed by atoms with Crippen LogP contribution in [0.15, 0.2) is 49.6 Å². The zero-order valence-corrected chi connectivity index (χ0v) is 12.4. The van der Waals surface area contributed by atoms with Crippen LogP contribution in [0.5, 0.6) is 0 Å². The van der Waals surface area contributed by atoms with Gasteiger partial charge in [-0.3, -0.25) is 9.59 Å². The SMILES string of the molecule is C=CCN(CC(F)(F)F)C(=O)c1ccc(CNC(=O)C=C)cc1. The summed E-state index contributed by atoms with van der Waals surface area (Å²) in [6.07, 6.45) is -2.11. The highest BCUT2D eigenvalue weighted by Crippen LogP contribution is 2.18. The van der Waals surface area contributed by atoms with Crippen LogP contribution in [0.25, 0.3) is 0 Å². The predicted molar refractivity (Wildman–Crippen MR) is 80.6 cm³/mol. The fourth-order valence-corrected chi connectivity index (χ4v) is 1.80. The Kier molecular flexibility index (Phi) is 6.56. The molecular formula is C16H17F3N2O2. The summed E-state index contributed by atoms with van der Waals surface area (Å²) >= 11 is 0. The fourth-order valence-electron chi connectivity index (χ4n) is 1.80. The van der Waals surface area contributed by atoms with Gasteiger partial charge in [0.05, 0.1) is 0 Å². The molecule has 1 N–H and O–H groups in total. The highest BCUT2D eigenvalue weighted by molar-refractivity contribution is 5.94. The molecule has 7 heteroatoms. The molecule has 0 fully saturated rings. The summed E-state index contributed by atoms with van der Waals surface area (Å²) in [5, 5.41) is 2.56. The summed E-state index contributed by atoms with van der Waals surface area (Å²) in [4.78, 5) is 23.8. The first kappa shape index (κ1) is 18.5. The van der Waals surface area contributed by atoms with E-state index in [1.807, 2.05) is 0 Å². The number of hydrogen-bond donors (Lipinski definition) is 1. The molecule has 1 rings (SSSR count). The summed E-state index contributed by atoms with van der Waals surface area (Å²) in [5.41, 5.74) is 0.845. The van der Waals surface area contributed by atoms with E-state index in [1.54, 1.807) is 12.1 Å². The van der Waals surface area contributed by atoms with E-state index in [2.05, 4.69) is 18.5 Å². The normalized spacial score (nSPS) is 10.7. The minimum absolute atomic E-state index is 0.134. The standard InChI is InChI=1S/C16H17F3N2O2/c1-3-9-21(11-16(17,18)19)15(23)13-7-5-12(6-8-13)10-20-14(22)4-2/h3-8H,1-2,9-11H2,(H,20,22). The van der Waals surface area contributed by atoms with Gasteiger partial charge in [-0.15, -0.1) is 6.58 Å². The van der Waals surface area contributed by atoms with Gasteiger partial charge in [-0.25, -0.2) is 0 Å². The van der Waals surface area contributed by atoms with E-state index in [4.69, 9.17) is 0 Å². The molecule has 1 aromatic rings. The van der Waals surface area contributed by atoms with Gasteiger partial charge in [-0.2, -0.15) is 13.2 Å². The van der Waals surface area contributed by atoms with Crippen molar-refractivity contribution >= 4 is 11.8 Å². The van der Waals surface area contributed by atoms with Crippen LogP contribution in [-0.2, 0) is 11.3 Å². The molecule has 0 spiro atoms. The second-order valence-corrected chi connectivity index (χ2v) is 4.71. The van der Waals surface area contributed by atoms with E-state index in [9.17, 15) is 22.8 Å². The van der Waals surface area contributed by atoms with Gasteiger partial charge in [0.25, 0.3) is 5.91 Å². The Labute approximate surface area is 132 Å². The number of rotatable bonds is 7. The predicted octanol–water partition coefficient (Wildman–Crippen LogP) is 2.68. The first-order chi connectivity index (χ1) is 10.8. The van der Waals surface area contributed by atoms with Gasteiger partial charge < -0.3 is 10.2 Å². The third-order valence-corrected chi connectivity index (χ3v) is 2.86. The molecule has 0 radical (unpaired) electrons. The van der Waals surface area contributed by atoms with Crippen LogP contribution in [-0.4, -0.2) is 36.0 Å². The lowest BCUT2D eigenvalue weighted by atomic mass is 10.1. The average molecular weight is 326 g/mol. The maximum atomic E-state index is 12.5. The number of amides is 2. The molecule has 0 saturated heterocycles. The van der Waals surface area contributed by atoms with Gasteiger partial charge in [-0.1, -0.05) is 24.8 Å². The lowest BCUT2D eigenvalue weighted by Gasteiger charge is -2.22. The Morgan fingerprint density at radius 2 is 1.78 bits per heavy atom. The Hall–Kier alpha value is -2.57. The Bertz CT molecular complexity index is 580. The lowest BCUT2D eigenvalue weighted by Crippen LogP contribution is -2.39. The monoisotopic (exact) mass is 326 g/mol. The topological polar surface area (TPSA) is 49.4 Å². The van der Waals surface area contributed by atoms with E-state index in [-0.39, 0.29) is 24.6 Å². The van der Waals surface area contributed by atoms with E-state index >= 15 is 0 Å².